The van der Waals surface area contributed by atoms with Gasteiger partial charge in [0.2, 0.25) is 11.8 Å². The monoisotopic (exact) mass is 431 g/mol. The Labute approximate surface area is 182 Å². The molecular formula is C23H17N3O2S2. The van der Waals surface area contributed by atoms with Gasteiger partial charge in [-0.2, -0.15) is 0 Å². The first-order valence-electron chi connectivity index (χ1n) is 9.41. The summed E-state index contributed by atoms with van der Waals surface area (Å²) in [6, 6.07) is 23.8. The van der Waals surface area contributed by atoms with E-state index in [4.69, 9.17) is 4.42 Å². The smallest absolute Gasteiger partial charge is 0.277 e. The van der Waals surface area contributed by atoms with Gasteiger partial charge in [-0.25, -0.2) is 0 Å². The highest BCUT2D eigenvalue weighted by molar-refractivity contribution is 8.00. The largest absolute Gasteiger partial charge is 0.411 e. The molecule has 0 radical (unpaired) electrons. The highest BCUT2D eigenvalue weighted by atomic mass is 32.2. The van der Waals surface area contributed by atoms with Crippen molar-refractivity contribution in [2.24, 2.45) is 0 Å². The zero-order valence-corrected chi connectivity index (χ0v) is 17.7. The van der Waals surface area contributed by atoms with Crippen LogP contribution in [0.15, 0.2) is 92.2 Å². The highest BCUT2D eigenvalue weighted by Gasteiger charge is 2.28. The SMILES string of the molecule is Cc1ccc(-c2nnc(SCC(=O)N3c4ccccc4Sc4ccccc43)o2)cc1. The van der Waals surface area contributed by atoms with E-state index >= 15 is 0 Å². The van der Waals surface area contributed by atoms with E-state index in [1.165, 1.54) is 17.3 Å². The van der Waals surface area contributed by atoms with Crippen LogP contribution in [0.4, 0.5) is 11.4 Å². The summed E-state index contributed by atoms with van der Waals surface area (Å²) < 4.78 is 5.75. The molecule has 0 unspecified atom stereocenters. The van der Waals surface area contributed by atoms with Gasteiger partial charge in [0, 0.05) is 15.4 Å². The number of benzene rings is 3. The molecular weight excluding hydrogens is 414 g/mol. The second kappa shape index (κ2) is 8.01. The molecule has 0 aliphatic carbocycles. The minimum atomic E-state index is -0.0321. The number of amides is 1. The van der Waals surface area contributed by atoms with E-state index in [1.54, 1.807) is 16.7 Å². The molecule has 3 aromatic carbocycles. The second-order valence-corrected chi connectivity index (χ2v) is 8.80. The average Bonchev–Trinajstić information content (AvgIpc) is 3.25. The number of aromatic nitrogens is 2. The van der Waals surface area contributed by atoms with E-state index in [2.05, 4.69) is 10.2 Å². The first kappa shape index (κ1) is 19.0. The zero-order valence-electron chi connectivity index (χ0n) is 16.1. The maximum atomic E-state index is 13.2. The number of rotatable bonds is 4. The number of carbonyl (C=O) groups excluding carboxylic acids is 1. The number of para-hydroxylation sites is 2. The van der Waals surface area contributed by atoms with Crippen LogP contribution in [0.5, 0.6) is 0 Å². The summed E-state index contributed by atoms with van der Waals surface area (Å²) in [5.74, 6) is 0.619. The lowest BCUT2D eigenvalue weighted by atomic mass is 10.1. The topological polar surface area (TPSA) is 59.2 Å². The third-order valence-electron chi connectivity index (χ3n) is 4.71. The Bertz CT molecular complexity index is 1180. The van der Waals surface area contributed by atoms with Gasteiger partial charge < -0.3 is 4.42 Å². The summed E-state index contributed by atoms with van der Waals surface area (Å²) in [5.41, 5.74) is 3.83. The highest BCUT2D eigenvalue weighted by Crippen LogP contribution is 2.48. The second-order valence-electron chi connectivity index (χ2n) is 6.79. The molecule has 0 N–H and O–H groups in total. The molecule has 148 valence electrons. The number of nitrogens with zero attached hydrogens (tertiary/aromatic N) is 3. The molecule has 0 saturated heterocycles. The first-order chi connectivity index (χ1) is 14.7. The van der Waals surface area contributed by atoms with Gasteiger partial charge in [-0.3, -0.25) is 9.69 Å². The van der Waals surface area contributed by atoms with Crippen molar-refractivity contribution in [3.8, 4) is 11.5 Å². The number of hydrogen-bond donors (Lipinski definition) is 0. The van der Waals surface area contributed by atoms with Crippen LogP contribution in [0.1, 0.15) is 5.56 Å². The van der Waals surface area contributed by atoms with Crippen LogP contribution in [0.25, 0.3) is 11.5 Å². The maximum absolute atomic E-state index is 13.2. The lowest BCUT2D eigenvalue weighted by molar-refractivity contribution is -0.115. The van der Waals surface area contributed by atoms with Crippen LogP contribution in [0.3, 0.4) is 0 Å². The van der Waals surface area contributed by atoms with E-state index in [1.807, 2.05) is 79.7 Å². The van der Waals surface area contributed by atoms with E-state index in [0.29, 0.717) is 11.1 Å². The number of carbonyl (C=O) groups is 1. The lowest BCUT2D eigenvalue weighted by Gasteiger charge is -2.30. The normalized spacial score (nSPS) is 12.4. The fraction of sp³-hybridized carbons (Fsp3) is 0.0870. The summed E-state index contributed by atoms with van der Waals surface area (Å²) in [6.45, 7) is 2.03. The molecule has 1 aliphatic heterocycles. The van der Waals surface area contributed by atoms with Gasteiger partial charge in [0.05, 0.1) is 17.1 Å². The van der Waals surface area contributed by atoms with Crippen molar-refractivity contribution >= 4 is 40.8 Å². The first-order valence-corrected chi connectivity index (χ1v) is 11.2. The molecule has 5 rings (SSSR count). The van der Waals surface area contributed by atoms with Crippen LogP contribution < -0.4 is 4.90 Å². The fourth-order valence-corrected chi connectivity index (χ4v) is 4.91. The van der Waals surface area contributed by atoms with Gasteiger partial charge >= 0.3 is 0 Å². The molecule has 7 heteroatoms. The van der Waals surface area contributed by atoms with Crippen LogP contribution in [0, 0.1) is 6.92 Å². The maximum Gasteiger partial charge on any atom is 0.277 e. The molecule has 5 nitrogen and oxygen atoms in total. The fourth-order valence-electron chi connectivity index (χ4n) is 3.24. The van der Waals surface area contributed by atoms with E-state index in [-0.39, 0.29) is 11.7 Å². The zero-order chi connectivity index (χ0) is 20.5. The van der Waals surface area contributed by atoms with Gasteiger partial charge in [0.15, 0.2) is 0 Å². The minimum absolute atomic E-state index is 0.0321. The average molecular weight is 432 g/mol. The summed E-state index contributed by atoms with van der Waals surface area (Å²) >= 11 is 2.93. The van der Waals surface area contributed by atoms with Gasteiger partial charge in [-0.05, 0) is 43.3 Å². The Morgan fingerprint density at radius 1 is 0.933 bits per heavy atom. The van der Waals surface area contributed by atoms with E-state index < -0.39 is 0 Å². The molecule has 1 aliphatic rings. The summed E-state index contributed by atoms with van der Waals surface area (Å²) in [4.78, 5) is 17.1. The Balaban J connectivity index is 1.36. The number of hydrogen-bond acceptors (Lipinski definition) is 6. The quantitative estimate of drug-likeness (QED) is 0.371. The minimum Gasteiger partial charge on any atom is -0.411 e. The van der Waals surface area contributed by atoms with Gasteiger partial charge in [-0.15, -0.1) is 10.2 Å². The number of thioether (sulfide) groups is 1. The Morgan fingerprint density at radius 3 is 2.23 bits per heavy atom. The van der Waals surface area contributed by atoms with Gasteiger partial charge in [0.25, 0.3) is 5.22 Å². The van der Waals surface area contributed by atoms with Crippen molar-refractivity contribution in [2.45, 2.75) is 21.9 Å². The van der Waals surface area contributed by atoms with Crippen molar-refractivity contribution in [3.05, 3.63) is 78.4 Å². The van der Waals surface area contributed by atoms with E-state index in [0.717, 1.165) is 26.7 Å². The van der Waals surface area contributed by atoms with Crippen LogP contribution >= 0.6 is 23.5 Å². The summed E-state index contributed by atoms with van der Waals surface area (Å²) in [7, 11) is 0. The standard InChI is InChI=1S/C23H17N3O2S2/c1-15-10-12-16(13-11-15)22-24-25-23(28-22)29-14-21(27)26-17-6-2-4-8-19(17)30-20-9-5-3-7-18(20)26/h2-13H,14H2,1H3. The van der Waals surface area contributed by atoms with Crippen LogP contribution in [0.2, 0.25) is 0 Å². The molecule has 0 spiro atoms. The predicted octanol–water partition coefficient (Wildman–Crippen LogP) is 5.97. The van der Waals surface area contributed by atoms with Crippen molar-refractivity contribution in [3.63, 3.8) is 0 Å². The van der Waals surface area contributed by atoms with Crippen molar-refractivity contribution in [1.29, 1.82) is 0 Å². The molecule has 30 heavy (non-hydrogen) atoms. The number of fused-ring (bicyclic) bond motifs is 2. The van der Waals surface area contributed by atoms with Crippen molar-refractivity contribution in [1.82, 2.24) is 10.2 Å². The van der Waals surface area contributed by atoms with E-state index in [9.17, 15) is 4.79 Å². The predicted molar refractivity (Wildman–Crippen MR) is 119 cm³/mol. The molecule has 2 heterocycles. The van der Waals surface area contributed by atoms with Crippen molar-refractivity contribution < 1.29 is 9.21 Å². The number of anilines is 2. The molecule has 4 aromatic rings. The van der Waals surface area contributed by atoms with Crippen LogP contribution in [-0.4, -0.2) is 21.9 Å². The molecule has 0 fully saturated rings. The Kier molecular flexibility index (Phi) is 5.06. The molecule has 0 atom stereocenters. The molecule has 1 aromatic heterocycles. The lowest BCUT2D eigenvalue weighted by Crippen LogP contribution is -2.29. The summed E-state index contributed by atoms with van der Waals surface area (Å²) in [5, 5.41) is 8.59. The third-order valence-corrected chi connectivity index (χ3v) is 6.64. The Hall–Kier alpha value is -3.03. The van der Waals surface area contributed by atoms with Crippen molar-refractivity contribution in [2.75, 3.05) is 10.7 Å². The van der Waals surface area contributed by atoms with Gasteiger partial charge in [0.1, 0.15) is 0 Å². The number of aryl methyl sites for hydroxylation is 1. The molecule has 0 bridgehead atoms. The molecule has 0 saturated carbocycles. The third kappa shape index (κ3) is 3.62. The van der Waals surface area contributed by atoms with Crippen LogP contribution in [-0.2, 0) is 4.79 Å². The summed E-state index contributed by atoms with van der Waals surface area (Å²) in [6.07, 6.45) is 0. The Morgan fingerprint density at radius 2 is 1.57 bits per heavy atom. The molecule has 1 amide bonds. The van der Waals surface area contributed by atoms with Gasteiger partial charge in [-0.1, -0.05) is 65.5 Å².